The largest absolute Gasteiger partial charge is 0.459 e. The molecule has 1 aromatic rings. The quantitative estimate of drug-likeness (QED) is 0.608. The molecule has 2 aliphatic heterocycles. The number of fused-ring (bicyclic) bond motifs is 2. The molecule has 132 valence electrons. The SMILES string of the molecule is CC(C)(C)OC(=O)C12CCC(CN(c3cc(F)c(Br)cc3F)C1)N2. The molecule has 2 unspecified atom stereocenters. The molecule has 2 bridgehead atoms. The highest BCUT2D eigenvalue weighted by Gasteiger charge is 2.52. The molecule has 2 saturated heterocycles. The maximum Gasteiger partial charge on any atom is 0.328 e. The molecule has 0 aromatic heterocycles. The highest BCUT2D eigenvalue weighted by molar-refractivity contribution is 9.10. The number of halogens is 3. The third kappa shape index (κ3) is 3.28. The van der Waals surface area contributed by atoms with Gasteiger partial charge in [-0.15, -0.1) is 0 Å². The van der Waals surface area contributed by atoms with Crippen molar-refractivity contribution < 1.29 is 18.3 Å². The lowest BCUT2D eigenvalue weighted by Gasteiger charge is -2.41. The van der Waals surface area contributed by atoms with Gasteiger partial charge in [-0.25, -0.2) is 13.6 Å². The smallest absolute Gasteiger partial charge is 0.328 e. The van der Waals surface area contributed by atoms with Crippen molar-refractivity contribution in [2.75, 3.05) is 18.0 Å². The normalized spacial score (nSPS) is 26.6. The Morgan fingerprint density at radius 3 is 2.75 bits per heavy atom. The molecule has 2 atom stereocenters. The van der Waals surface area contributed by atoms with Gasteiger partial charge in [-0.2, -0.15) is 0 Å². The van der Waals surface area contributed by atoms with Crippen LogP contribution < -0.4 is 10.2 Å². The van der Waals surface area contributed by atoms with Crippen molar-refractivity contribution in [2.24, 2.45) is 0 Å². The van der Waals surface area contributed by atoms with E-state index in [-0.39, 0.29) is 28.7 Å². The highest BCUT2D eigenvalue weighted by atomic mass is 79.9. The average molecular weight is 403 g/mol. The second kappa shape index (κ2) is 5.95. The number of piperazine rings is 1. The first-order valence-corrected chi connectivity index (χ1v) is 8.80. The van der Waals surface area contributed by atoms with Gasteiger partial charge in [-0.05, 0) is 55.6 Å². The van der Waals surface area contributed by atoms with Gasteiger partial charge in [0.2, 0.25) is 0 Å². The Morgan fingerprint density at radius 2 is 2.08 bits per heavy atom. The Hall–Kier alpha value is -1.21. The summed E-state index contributed by atoms with van der Waals surface area (Å²) in [6.07, 6.45) is 1.43. The molecule has 0 radical (unpaired) electrons. The van der Waals surface area contributed by atoms with Crippen LogP contribution in [0.3, 0.4) is 0 Å². The van der Waals surface area contributed by atoms with Crippen LogP contribution in [-0.2, 0) is 9.53 Å². The van der Waals surface area contributed by atoms with Crippen molar-refractivity contribution in [2.45, 2.75) is 50.8 Å². The fourth-order valence-corrected chi connectivity index (χ4v) is 3.73. The summed E-state index contributed by atoms with van der Waals surface area (Å²) in [4.78, 5) is 14.4. The summed E-state index contributed by atoms with van der Waals surface area (Å²) in [6.45, 7) is 6.24. The van der Waals surface area contributed by atoms with Crippen LogP contribution in [-0.4, -0.2) is 36.2 Å². The van der Waals surface area contributed by atoms with E-state index in [9.17, 15) is 13.6 Å². The van der Waals surface area contributed by atoms with Crippen LogP contribution in [0.4, 0.5) is 14.5 Å². The zero-order valence-corrected chi connectivity index (χ0v) is 15.5. The summed E-state index contributed by atoms with van der Waals surface area (Å²) >= 11 is 2.99. The molecule has 4 nitrogen and oxygen atoms in total. The van der Waals surface area contributed by atoms with Crippen molar-refractivity contribution in [1.29, 1.82) is 0 Å². The molecule has 2 aliphatic rings. The molecular formula is C17H21BrF2N2O2. The van der Waals surface area contributed by atoms with Crippen LogP contribution in [0, 0.1) is 11.6 Å². The van der Waals surface area contributed by atoms with E-state index in [4.69, 9.17) is 4.74 Å². The summed E-state index contributed by atoms with van der Waals surface area (Å²) in [6, 6.07) is 2.35. The molecule has 2 fully saturated rings. The third-order valence-electron chi connectivity index (χ3n) is 4.42. The summed E-state index contributed by atoms with van der Waals surface area (Å²) in [5.41, 5.74) is -1.29. The van der Waals surface area contributed by atoms with Crippen LogP contribution in [0.2, 0.25) is 0 Å². The van der Waals surface area contributed by atoms with Gasteiger partial charge in [0, 0.05) is 25.2 Å². The van der Waals surface area contributed by atoms with E-state index in [1.54, 1.807) is 4.90 Å². The highest BCUT2D eigenvalue weighted by Crippen LogP contribution is 2.36. The molecule has 0 amide bonds. The minimum absolute atomic E-state index is 0.0531. The van der Waals surface area contributed by atoms with Crippen LogP contribution in [0.1, 0.15) is 33.6 Å². The predicted molar refractivity (Wildman–Crippen MR) is 91.0 cm³/mol. The maximum atomic E-state index is 14.3. The molecule has 24 heavy (non-hydrogen) atoms. The van der Waals surface area contributed by atoms with Gasteiger partial charge in [0.25, 0.3) is 0 Å². The summed E-state index contributed by atoms with van der Waals surface area (Å²) in [5, 5.41) is 3.33. The Labute approximate surface area is 148 Å². The van der Waals surface area contributed by atoms with Gasteiger partial charge in [0.15, 0.2) is 0 Å². The van der Waals surface area contributed by atoms with Crippen molar-refractivity contribution in [1.82, 2.24) is 5.32 Å². The topological polar surface area (TPSA) is 41.6 Å². The van der Waals surface area contributed by atoms with Gasteiger partial charge < -0.3 is 9.64 Å². The summed E-state index contributed by atoms with van der Waals surface area (Å²) < 4.78 is 33.8. The fraction of sp³-hybridized carbons (Fsp3) is 0.588. The van der Waals surface area contributed by atoms with Crippen LogP contribution >= 0.6 is 15.9 Å². The molecule has 1 aromatic carbocycles. The van der Waals surface area contributed by atoms with Gasteiger partial charge in [0.1, 0.15) is 22.8 Å². The zero-order valence-electron chi connectivity index (χ0n) is 14.0. The second-order valence-corrected chi connectivity index (χ2v) is 8.42. The lowest BCUT2D eigenvalue weighted by Crippen LogP contribution is -2.64. The van der Waals surface area contributed by atoms with Gasteiger partial charge in [-0.3, -0.25) is 5.32 Å². The van der Waals surface area contributed by atoms with Crippen molar-refractivity contribution >= 4 is 27.6 Å². The van der Waals surface area contributed by atoms with E-state index < -0.39 is 22.8 Å². The maximum absolute atomic E-state index is 14.3. The number of esters is 1. The molecule has 1 N–H and O–H groups in total. The molecule has 0 saturated carbocycles. The molecule has 7 heteroatoms. The van der Waals surface area contributed by atoms with E-state index in [0.717, 1.165) is 12.5 Å². The Bertz CT molecular complexity index is 677. The standard InChI is InChI=1S/C17H21BrF2N2O2/c1-16(2,3)24-15(23)17-5-4-10(21-17)8-22(9-17)14-7-12(19)11(18)6-13(14)20/h6-7,10,21H,4-5,8-9H2,1-3H3. The lowest BCUT2D eigenvalue weighted by molar-refractivity contribution is -0.162. The first kappa shape index (κ1) is 17.6. The predicted octanol–water partition coefficient (Wildman–Crippen LogP) is 3.38. The van der Waals surface area contributed by atoms with Gasteiger partial charge >= 0.3 is 5.97 Å². The van der Waals surface area contributed by atoms with Crippen LogP contribution in [0.5, 0.6) is 0 Å². The van der Waals surface area contributed by atoms with Crippen molar-refractivity contribution in [3.63, 3.8) is 0 Å². The lowest BCUT2D eigenvalue weighted by atomic mass is 9.96. The number of nitrogens with zero attached hydrogens (tertiary/aromatic N) is 1. The number of hydrogen-bond donors (Lipinski definition) is 1. The number of ether oxygens (including phenoxy) is 1. The van der Waals surface area contributed by atoms with E-state index in [1.165, 1.54) is 6.07 Å². The van der Waals surface area contributed by atoms with Gasteiger partial charge in [-0.1, -0.05) is 0 Å². The van der Waals surface area contributed by atoms with Crippen molar-refractivity contribution in [3.05, 3.63) is 28.2 Å². The molecule has 3 rings (SSSR count). The minimum atomic E-state index is -0.869. The molecule has 0 spiro atoms. The number of hydrogen-bond acceptors (Lipinski definition) is 4. The number of carbonyl (C=O) groups is 1. The summed E-state index contributed by atoms with van der Waals surface area (Å²) in [5.74, 6) is -1.37. The van der Waals surface area contributed by atoms with E-state index in [2.05, 4.69) is 21.2 Å². The Morgan fingerprint density at radius 1 is 1.38 bits per heavy atom. The van der Waals surface area contributed by atoms with Crippen LogP contribution in [0.25, 0.3) is 0 Å². The minimum Gasteiger partial charge on any atom is -0.459 e. The average Bonchev–Trinajstić information content (AvgIpc) is 2.77. The first-order chi connectivity index (χ1) is 11.1. The Kier molecular flexibility index (Phi) is 4.36. The number of carbonyl (C=O) groups excluding carboxylic acids is 1. The number of rotatable bonds is 2. The monoisotopic (exact) mass is 402 g/mol. The number of nitrogens with one attached hydrogen (secondary N) is 1. The number of benzene rings is 1. The molecule has 0 aliphatic carbocycles. The van der Waals surface area contributed by atoms with E-state index in [0.29, 0.717) is 13.0 Å². The van der Waals surface area contributed by atoms with E-state index in [1.807, 2.05) is 20.8 Å². The third-order valence-corrected chi connectivity index (χ3v) is 5.03. The molecular weight excluding hydrogens is 382 g/mol. The van der Waals surface area contributed by atoms with Crippen LogP contribution in [0.15, 0.2) is 16.6 Å². The molecule has 2 heterocycles. The van der Waals surface area contributed by atoms with Crippen molar-refractivity contribution in [3.8, 4) is 0 Å². The fourth-order valence-electron chi connectivity index (χ4n) is 3.41. The first-order valence-electron chi connectivity index (χ1n) is 8.00. The summed E-state index contributed by atoms with van der Waals surface area (Å²) in [7, 11) is 0. The Balaban J connectivity index is 1.89. The zero-order chi connectivity index (χ0) is 17.7. The van der Waals surface area contributed by atoms with E-state index >= 15 is 0 Å². The second-order valence-electron chi connectivity index (χ2n) is 7.56. The van der Waals surface area contributed by atoms with Gasteiger partial charge in [0.05, 0.1) is 10.2 Å². The number of anilines is 1.